The van der Waals surface area contributed by atoms with E-state index < -0.39 is 0 Å². The number of benzene rings is 2. The van der Waals surface area contributed by atoms with Gasteiger partial charge in [0.1, 0.15) is 0 Å². The molecular formula is C21H18ClNO4. The monoisotopic (exact) mass is 383 g/mol. The molecule has 6 heteroatoms. The molecule has 2 aromatic carbocycles. The number of phenolic OH excluding ortho intramolecular Hbond substituents is 2. The van der Waals surface area contributed by atoms with Gasteiger partial charge in [0.15, 0.2) is 17.3 Å². The van der Waals surface area contributed by atoms with E-state index in [0.717, 1.165) is 16.7 Å². The minimum absolute atomic E-state index is 0.137. The van der Waals surface area contributed by atoms with Gasteiger partial charge in [0.2, 0.25) is 0 Å². The Labute approximate surface area is 161 Å². The maximum Gasteiger partial charge on any atom is 0.289 e. The molecule has 3 aromatic rings. The Balaban J connectivity index is 1.81. The number of carbonyl (C=O) groups is 1. The summed E-state index contributed by atoms with van der Waals surface area (Å²) >= 11 is 6.34. The molecule has 0 spiro atoms. The molecule has 1 aromatic heterocycles. The molecule has 0 radical (unpaired) electrons. The molecule has 27 heavy (non-hydrogen) atoms. The predicted octanol–water partition coefficient (Wildman–Crippen LogP) is 4.17. The van der Waals surface area contributed by atoms with Crippen molar-refractivity contribution in [1.29, 1.82) is 0 Å². The van der Waals surface area contributed by atoms with E-state index in [1.807, 2.05) is 30.3 Å². The summed E-state index contributed by atoms with van der Waals surface area (Å²) in [6, 6.07) is 14.6. The van der Waals surface area contributed by atoms with Crippen LogP contribution in [-0.4, -0.2) is 34.1 Å². The number of halogens is 1. The average molecular weight is 384 g/mol. The van der Waals surface area contributed by atoms with Crippen LogP contribution >= 0.6 is 11.6 Å². The van der Waals surface area contributed by atoms with Gasteiger partial charge in [-0.25, -0.2) is 0 Å². The third kappa shape index (κ3) is 3.15. The molecule has 5 nitrogen and oxygen atoms in total. The molecule has 0 saturated carbocycles. The SMILES string of the molecule is O=C(c1ccco1)N1CCc2c(cc(O)c(O)c2Cl)C(c2ccccc2)C1. The normalized spacial score (nSPS) is 16.6. The van der Waals surface area contributed by atoms with Gasteiger partial charge in [0.05, 0.1) is 11.3 Å². The minimum atomic E-state index is -0.326. The summed E-state index contributed by atoms with van der Waals surface area (Å²) < 4.78 is 5.27. The van der Waals surface area contributed by atoms with Crippen LogP contribution in [0.4, 0.5) is 0 Å². The Morgan fingerprint density at radius 2 is 1.93 bits per heavy atom. The van der Waals surface area contributed by atoms with E-state index in [9.17, 15) is 15.0 Å². The number of furan rings is 1. The highest BCUT2D eigenvalue weighted by Gasteiger charge is 2.31. The van der Waals surface area contributed by atoms with Gasteiger partial charge in [-0.3, -0.25) is 4.79 Å². The van der Waals surface area contributed by atoms with Gasteiger partial charge in [-0.2, -0.15) is 0 Å². The Morgan fingerprint density at radius 1 is 1.15 bits per heavy atom. The fraction of sp³-hybridized carbons (Fsp3) is 0.190. The van der Waals surface area contributed by atoms with Crippen molar-refractivity contribution in [2.45, 2.75) is 12.3 Å². The summed E-state index contributed by atoms with van der Waals surface area (Å²) in [5.41, 5.74) is 2.56. The average Bonchev–Trinajstić information content (AvgIpc) is 3.16. The molecule has 4 rings (SSSR count). The third-order valence-corrected chi connectivity index (χ3v) is 5.39. The van der Waals surface area contributed by atoms with Gasteiger partial charge in [0.25, 0.3) is 5.91 Å². The largest absolute Gasteiger partial charge is 0.504 e. The van der Waals surface area contributed by atoms with Gasteiger partial charge in [-0.05, 0) is 41.3 Å². The Bertz CT molecular complexity index is 970. The zero-order valence-corrected chi connectivity index (χ0v) is 15.2. The number of amides is 1. The van der Waals surface area contributed by atoms with Gasteiger partial charge < -0.3 is 19.5 Å². The summed E-state index contributed by atoms with van der Waals surface area (Å²) in [5, 5.41) is 20.3. The number of carbonyl (C=O) groups excluding carboxylic acids is 1. The molecule has 1 aliphatic heterocycles. The Kier molecular flexibility index (Phi) is 4.54. The summed E-state index contributed by atoms with van der Waals surface area (Å²) in [5.74, 6) is -0.687. The lowest BCUT2D eigenvalue weighted by molar-refractivity contribution is 0.0725. The van der Waals surface area contributed by atoms with Crippen LogP contribution in [0.15, 0.2) is 59.2 Å². The van der Waals surface area contributed by atoms with E-state index in [1.165, 1.54) is 6.26 Å². The fourth-order valence-corrected chi connectivity index (χ4v) is 3.92. The van der Waals surface area contributed by atoms with Crippen molar-refractivity contribution in [3.8, 4) is 11.5 Å². The van der Waals surface area contributed by atoms with Crippen LogP contribution in [0.2, 0.25) is 5.02 Å². The molecule has 2 heterocycles. The van der Waals surface area contributed by atoms with Crippen LogP contribution in [0, 0.1) is 0 Å². The van der Waals surface area contributed by atoms with Gasteiger partial charge in [-0.15, -0.1) is 0 Å². The van der Waals surface area contributed by atoms with Crippen molar-refractivity contribution in [3.63, 3.8) is 0 Å². The standard InChI is InChI=1S/C21H18ClNO4/c22-19-14-8-9-23(21(26)18-7-4-10-27-18)12-16(13-5-2-1-3-6-13)15(14)11-17(24)20(19)25/h1-7,10-11,16,24-25H,8-9,12H2. The highest BCUT2D eigenvalue weighted by molar-refractivity contribution is 6.33. The number of hydrogen-bond donors (Lipinski definition) is 2. The predicted molar refractivity (Wildman–Crippen MR) is 101 cm³/mol. The van der Waals surface area contributed by atoms with Crippen molar-refractivity contribution in [3.05, 3.63) is 82.3 Å². The molecule has 2 N–H and O–H groups in total. The van der Waals surface area contributed by atoms with Crippen molar-refractivity contribution in [2.24, 2.45) is 0 Å². The maximum atomic E-state index is 12.9. The first-order valence-corrected chi connectivity index (χ1v) is 9.05. The number of fused-ring (bicyclic) bond motifs is 1. The molecule has 0 bridgehead atoms. The van der Waals surface area contributed by atoms with Crippen LogP contribution in [0.1, 0.15) is 33.2 Å². The van der Waals surface area contributed by atoms with Gasteiger partial charge in [0, 0.05) is 19.0 Å². The van der Waals surface area contributed by atoms with Crippen molar-refractivity contribution >= 4 is 17.5 Å². The number of rotatable bonds is 2. The summed E-state index contributed by atoms with van der Waals surface area (Å²) in [4.78, 5) is 14.6. The van der Waals surface area contributed by atoms with E-state index in [2.05, 4.69) is 0 Å². The maximum absolute atomic E-state index is 12.9. The molecule has 1 aliphatic rings. The summed E-state index contributed by atoms with van der Waals surface area (Å²) in [6.45, 7) is 0.844. The first-order valence-electron chi connectivity index (χ1n) is 8.67. The van der Waals surface area contributed by atoms with Gasteiger partial charge in [-0.1, -0.05) is 41.9 Å². The zero-order valence-electron chi connectivity index (χ0n) is 14.4. The molecule has 0 fully saturated rings. The Hall–Kier alpha value is -2.92. The molecule has 1 atom stereocenters. The summed E-state index contributed by atoms with van der Waals surface area (Å²) in [6.07, 6.45) is 1.94. The summed E-state index contributed by atoms with van der Waals surface area (Å²) in [7, 11) is 0. The molecule has 1 amide bonds. The molecule has 0 aliphatic carbocycles. The number of nitrogens with zero attached hydrogens (tertiary/aromatic N) is 1. The molecular weight excluding hydrogens is 366 g/mol. The lowest BCUT2D eigenvalue weighted by atomic mass is 9.87. The second-order valence-electron chi connectivity index (χ2n) is 6.57. The smallest absolute Gasteiger partial charge is 0.289 e. The van der Waals surface area contributed by atoms with Crippen LogP contribution < -0.4 is 0 Å². The highest BCUT2D eigenvalue weighted by atomic mass is 35.5. The number of phenols is 2. The zero-order chi connectivity index (χ0) is 19.0. The van der Waals surface area contributed by atoms with Crippen molar-refractivity contribution in [2.75, 3.05) is 13.1 Å². The first kappa shape index (κ1) is 17.5. The second-order valence-corrected chi connectivity index (χ2v) is 6.95. The fourth-order valence-electron chi connectivity index (χ4n) is 3.62. The van der Waals surface area contributed by atoms with Gasteiger partial charge >= 0.3 is 0 Å². The van der Waals surface area contributed by atoms with E-state index in [-0.39, 0.29) is 34.1 Å². The second kappa shape index (κ2) is 7.00. The number of aromatic hydroxyl groups is 2. The van der Waals surface area contributed by atoms with Crippen LogP contribution in [0.5, 0.6) is 11.5 Å². The first-order chi connectivity index (χ1) is 13.1. The van der Waals surface area contributed by atoms with E-state index >= 15 is 0 Å². The van der Waals surface area contributed by atoms with Crippen LogP contribution in [0.25, 0.3) is 0 Å². The highest BCUT2D eigenvalue weighted by Crippen LogP contribution is 2.43. The van der Waals surface area contributed by atoms with Crippen molar-refractivity contribution in [1.82, 2.24) is 4.90 Å². The van der Waals surface area contributed by atoms with E-state index in [4.69, 9.17) is 16.0 Å². The van der Waals surface area contributed by atoms with Crippen molar-refractivity contribution < 1.29 is 19.4 Å². The Morgan fingerprint density at radius 3 is 2.63 bits per heavy atom. The molecule has 0 saturated heterocycles. The van der Waals surface area contributed by atoms with E-state index in [1.54, 1.807) is 23.1 Å². The molecule has 1 unspecified atom stereocenters. The topological polar surface area (TPSA) is 73.9 Å². The molecule has 138 valence electrons. The lowest BCUT2D eigenvalue weighted by Crippen LogP contribution is -2.34. The van der Waals surface area contributed by atoms with Crippen LogP contribution in [-0.2, 0) is 6.42 Å². The van der Waals surface area contributed by atoms with Crippen LogP contribution in [0.3, 0.4) is 0 Å². The lowest BCUT2D eigenvalue weighted by Gasteiger charge is -2.25. The quantitative estimate of drug-likeness (QED) is 0.651. The van der Waals surface area contributed by atoms with E-state index in [0.29, 0.717) is 19.5 Å². The minimum Gasteiger partial charge on any atom is -0.504 e. The third-order valence-electron chi connectivity index (χ3n) is 4.99. The number of hydrogen-bond acceptors (Lipinski definition) is 4.